The molecule has 0 bridgehead atoms. The van der Waals surface area contributed by atoms with Gasteiger partial charge in [-0.05, 0) is 29.8 Å². The number of aromatic nitrogens is 2. The van der Waals surface area contributed by atoms with Crippen molar-refractivity contribution in [2.24, 2.45) is 0 Å². The minimum Gasteiger partial charge on any atom is -0.323 e. The lowest BCUT2D eigenvalue weighted by Crippen LogP contribution is -2.03. The molecule has 3 aromatic rings. The van der Waals surface area contributed by atoms with Gasteiger partial charge in [-0.3, -0.25) is 0 Å². The number of thiol groups is 1. The lowest BCUT2D eigenvalue weighted by atomic mass is 10.2. The van der Waals surface area contributed by atoms with Crippen LogP contribution in [-0.2, 0) is 12.3 Å². The number of rotatable bonds is 3. The molecule has 0 amide bonds. The molecule has 0 fully saturated rings. The van der Waals surface area contributed by atoms with E-state index < -0.39 is 0 Å². The average molecular weight is 290 g/mol. The predicted molar refractivity (Wildman–Crippen MR) is 77.9 cm³/mol. The highest BCUT2D eigenvalue weighted by molar-refractivity contribution is 7.79. The minimum atomic E-state index is -0.311. The Labute approximate surface area is 120 Å². The zero-order valence-electron chi connectivity index (χ0n) is 10.6. The number of benzene rings is 2. The molecule has 0 aliphatic carbocycles. The molecule has 1 heterocycles. The number of halogens is 2. The van der Waals surface area contributed by atoms with Crippen LogP contribution in [-0.4, -0.2) is 9.55 Å². The van der Waals surface area contributed by atoms with Gasteiger partial charge in [0.15, 0.2) is 0 Å². The van der Waals surface area contributed by atoms with Crippen LogP contribution in [0.4, 0.5) is 8.78 Å². The summed E-state index contributed by atoms with van der Waals surface area (Å²) in [5, 5.41) is 0. The van der Waals surface area contributed by atoms with Crippen LogP contribution >= 0.6 is 12.6 Å². The van der Waals surface area contributed by atoms with Crippen LogP contribution < -0.4 is 0 Å². The summed E-state index contributed by atoms with van der Waals surface area (Å²) >= 11 is 4.26. The van der Waals surface area contributed by atoms with E-state index in [1.807, 2.05) is 4.57 Å². The lowest BCUT2D eigenvalue weighted by molar-refractivity contribution is 0.626. The number of fused-ring (bicyclic) bond motifs is 1. The molecule has 0 aliphatic heterocycles. The van der Waals surface area contributed by atoms with Gasteiger partial charge in [-0.2, -0.15) is 12.6 Å². The van der Waals surface area contributed by atoms with Crippen LogP contribution in [0.3, 0.4) is 0 Å². The fraction of sp³-hybridized carbons (Fsp3) is 0.133. The van der Waals surface area contributed by atoms with Crippen molar-refractivity contribution in [1.29, 1.82) is 0 Å². The third kappa shape index (κ3) is 2.41. The van der Waals surface area contributed by atoms with E-state index in [1.54, 1.807) is 18.2 Å². The van der Waals surface area contributed by atoms with Crippen molar-refractivity contribution < 1.29 is 8.78 Å². The van der Waals surface area contributed by atoms with Crippen molar-refractivity contribution >= 4 is 23.7 Å². The van der Waals surface area contributed by atoms with E-state index in [4.69, 9.17) is 0 Å². The highest BCUT2D eigenvalue weighted by Crippen LogP contribution is 2.20. The molecule has 3 rings (SSSR count). The molecule has 0 radical (unpaired) electrons. The summed E-state index contributed by atoms with van der Waals surface area (Å²) in [7, 11) is 0. The molecule has 5 heteroatoms. The second-order valence-electron chi connectivity index (χ2n) is 4.53. The van der Waals surface area contributed by atoms with Crippen molar-refractivity contribution in [3.05, 3.63) is 65.5 Å². The summed E-state index contributed by atoms with van der Waals surface area (Å²) < 4.78 is 28.1. The Kier molecular flexibility index (Phi) is 3.44. The first-order valence-electron chi connectivity index (χ1n) is 6.17. The van der Waals surface area contributed by atoms with E-state index in [2.05, 4.69) is 17.6 Å². The highest BCUT2D eigenvalue weighted by Gasteiger charge is 2.10. The zero-order chi connectivity index (χ0) is 14.1. The molecule has 0 spiro atoms. The normalized spacial score (nSPS) is 11.2. The van der Waals surface area contributed by atoms with Gasteiger partial charge in [-0.15, -0.1) is 0 Å². The summed E-state index contributed by atoms with van der Waals surface area (Å²) in [4.78, 5) is 4.38. The summed E-state index contributed by atoms with van der Waals surface area (Å²) in [6, 6.07) is 10.8. The van der Waals surface area contributed by atoms with Crippen molar-refractivity contribution in [3.8, 4) is 0 Å². The van der Waals surface area contributed by atoms with Crippen LogP contribution in [0.15, 0.2) is 42.5 Å². The SMILES string of the molecule is Fc1ccc(Cn2c(CS)nc3cc(F)ccc32)cc1. The average Bonchev–Trinajstić information content (AvgIpc) is 2.78. The molecule has 0 aliphatic rings. The second kappa shape index (κ2) is 5.25. The molecule has 0 N–H and O–H groups in total. The van der Waals surface area contributed by atoms with Crippen molar-refractivity contribution in [2.45, 2.75) is 12.3 Å². The summed E-state index contributed by atoms with van der Waals surface area (Å²) in [5.41, 5.74) is 2.41. The van der Waals surface area contributed by atoms with E-state index in [-0.39, 0.29) is 11.6 Å². The van der Waals surface area contributed by atoms with Crippen LogP contribution in [0.25, 0.3) is 11.0 Å². The number of hydrogen-bond donors (Lipinski definition) is 1. The van der Waals surface area contributed by atoms with Crippen LogP contribution in [0, 0.1) is 11.6 Å². The molecule has 0 atom stereocenters. The van der Waals surface area contributed by atoms with E-state index >= 15 is 0 Å². The first-order valence-corrected chi connectivity index (χ1v) is 6.80. The minimum absolute atomic E-state index is 0.263. The molecule has 1 aromatic heterocycles. The topological polar surface area (TPSA) is 17.8 Å². The molecular weight excluding hydrogens is 278 g/mol. The molecule has 0 unspecified atom stereocenters. The maximum Gasteiger partial charge on any atom is 0.125 e. The van der Waals surface area contributed by atoms with Gasteiger partial charge in [0.25, 0.3) is 0 Å². The third-order valence-electron chi connectivity index (χ3n) is 3.18. The van der Waals surface area contributed by atoms with E-state index in [0.29, 0.717) is 17.8 Å². The van der Waals surface area contributed by atoms with Gasteiger partial charge in [0.2, 0.25) is 0 Å². The Hall–Kier alpha value is -1.88. The van der Waals surface area contributed by atoms with Crippen molar-refractivity contribution in [1.82, 2.24) is 9.55 Å². The summed E-state index contributed by atoms with van der Waals surface area (Å²) in [6.45, 7) is 0.554. The Morgan fingerprint density at radius 2 is 1.70 bits per heavy atom. The molecule has 0 saturated carbocycles. The Morgan fingerprint density at radius 3 is 2.40 bits per heavy atom. The highest BCUT2D eigenvalue weighted by atomic mass is 32.1. The van der Waals surface area contributed by atoms with Crippen molar-refractivity contribution in [2.75, 3.05) is 0 Å². The molecule has 2 nitrogen and oxygen atoms in total. The number of imidazole rings is 1. The van der Waals surface area contributed by atoms with Gasteiger partial charge >= 0.3 is 0 Å². The van der Waals surface area contributed by atoms with Gasteiger partial charge < -0.3 is 4.57 Å². The first-order chi connectivity index (χ1) is 9.67. The molecular formula is C15H12F2N2S. The van der Waals surface area contributed by atoms with Crippen molar-refractivity contribution in [3.63, 3.8) is 0 Å². The number of hydrogen-bond acceptors (Lipinski definition) is 2. The maximum absolute atomic E-state index is 13.2. The third-order valence-corrected chi connectivity index (χ3v) is 3.47. The smallest absolute Gasteiger partial charge is 0.125 e. The second-order valence-corrected chi connectivity index (χ2v) is 4.85. The van der Waals surface area contributed by atoms with Gasteiger partial charge in [0.05, 0.1) is 11.0 Å². The Bertz CT molecular complexity index is 750. The summed E-state index contributed by atoms with van der Waals surface area (Å²) in [5.74, 6) is 0.644. The standard InChI is InChI=1S/C15H12F2N2S/c16-11-3-1-10(2-4-11)8-19-14-6-5-12(17)7-13(14)18-15(19)9-20/h1-7,20H,8-9H2. The van der Waals surface area contributed by atoms with Gasteiger partial charge in [-0.25, -0.2) is 13.8 Å². The monoisotopic (exact) mass is 290 g/mol. The van der Waals surface area contributed by atoms with Crippen LogP contribution in [0.5, 0.6) is 0 Å². The van der Waals surface area contributed by atoms with Gasteiger partial charge in [-0.1, -0.05) is 12.1 Å². The van der Waals surface area contributed by atoms with Gasteiger partial charge in [0, 0.05) is 18.4 Å². The number of nitrogens with zero attached hydrogens (tertiary/aromatic N) is 2. The molecule has 0 saturated heterocycles. The van der Waals surface area contributed by atoms with E-state index in [1.165, 1.54) is 24.3 Å². The van der Waals surface area contributed by atoms with E-state index in [9.17, 15) is 8.78 Å². The zero-order valence-corrected chi connectivity index (χ0v) is 11.4. The first kappa shape index (κ1) is 13.1. The quantitative estimate of drug-likeness (QED) is 0.727. The maximum atomic E-state index is 13.2. The lowest BCUT2D eigenvalue weighted by Gasteiger charge is -2.08. The Balaban J connectivity index is 2.07. The van der Waals surface area contributed by atoms with E-state index in [0.717, 1.165) is 16.9 Å². The van der Waals surface area contributed by atoms with Gasteiger partial charge in [0.1, 0.15) is 17.5 Å². The largest absolute Gasteiger partial charge is 0.323 e. The van der Waals surface area contributed by atoms with Crippen LogP contribution in [0.2, 0.25) is 0 Å². The molecule has 20 heavy (non-hydrogen) atoms. The molecule has 102 valence electrons. The summed E-state index contributed by atoms with van der Waals surface area (Å²) in [6.07, 6.45) is 0. The molecule has 2 aromatic carbocycles. The van der Waals surface area contributed by atoms with Crippen LogP contribution in [0.1, 0.15) is 11.4 Å². The Morgan fingerprint density at radius 1 is 1.00 bits per heavy atom. The predicted octanol–water partition coefficient (Wildman–Crippen LogP) is 3.79. The fourth-order valence-corrected chi connectivity index (χ4v) is 2.46. The fourth-order valence-electron chi connectivity index (χ4n) is 2.22.